The molecule has 0 aromatic heterocycles. The van der Waals surface area contributed by atoms with Crippen LogP contribution in [0.5, 0.6) is 0 Å². The van der Waals surface area contributed by atoms with E-state index in [1.807, 2.05) is 20.8 Å². The van der Waals surface area contributed by atoms with Crippen LogP contribution in [0.3, 0.4) is 0 Å². The first kappa shape index (κ1) is 16.4. The zero-order chi connectivity index (χ0) is 14.7. The molecule has 1 aliphatic heterocycles. The van der Waals surface area contributed by atoms with Crippen LogP contribution in [-0.2, 0) is 4.79 Å². The van der Waals surface area contributed by atoms with Gasteiger partial charge in [0.15, 0.2) is 0 Å². The summed E-state index contributed by atoms with van der Waals surface area (Å²) in [6.07, 6.45) is 2.88. The molecule has 4 nitrogen and oxygen atoms in total. The number of hydrogen-bond acceptors (Lipinski definition) is 3. The van der Waals surface area contributed by atoms with E-state index in [-0.39, 0.29) is 17.5 Å². The van der Waals surface area contributed by atoms with Crippen LogP contribution in [0.1, 0.15) is 53.9 Å². The maximum Gasteiger partial charge on any atom is 0.222 e. The normalized spacial score (nSPS) is 22.0. The molecule has 3 N–H and O–H groups in total. The Morgan fingerprint density at radius 2 is 1.84 bits per heavy atom. The van der Waals surface area contributed by atoms with Gasteiger partial charge in [0.2, 0.25) is 5.91 Å². The summed E-state index contributed by atoms with van der Waals surface area (Å²) in [6, 6.07) is 0.179. The first-order chi connectivity index (χ1) is 8.63. The van der Waals surface area contributed by atoms with E-state index in [0.717, 1.165) is 13.1 Å². The van der Waals surface area contributed by atoms with E-state index in [2.05, 4.69) is 24.1 Å². The Morgan fingerprint density at radius 1 is 1.32 bits per heavy atom. The third-order valence-electron chi connectivity index (χ3n) is 3.88. The fourth-order valence-electron chi connectivity index (χ4n) is 2.54. The Labute approximate surface area is 118 Å². The fourth-order valence-corrected chi connectivity index (χ4v) is 2.54. The van der Waals surface area contributed by atoms with Crippen LogP contribution in [0.2, 0.25) is 0 Å². The molecule has 0 radical (unpaired) electrons. The second kappa shape index (κ2) is 6.23. The van der Waals surface area contributed by atoms with Crippen LogP contribution in [0.25, 0.3) is 0 Å². The molecule has 4 heteroatoms. The van der Waals surface area contributed by atoms with Gasteiger partial charge in [0.25, 0.3) is 0 Å². The molecule has 1 heterocycles. The third kappa shape index (κ3) is 5.91. The van der Waals surface area contributed by atoms with E-state index >= 15 is 0 Å². The average Bonchev–Trinajstić information content (AvgIpc) is 2.24. The number of nitrogens with two attached hydrogens (primary N) is 1. The van der Waals surface area contributed by atoms with Gasteiger partial charge in [0.05, 0.1) is 0 Å². The van der Waals surface area contributed by atoms with Gasteiger partial charge in [-0.1, -0.05) is 13.8 Å². The minimum Gasteiger partial charge on any atom is -0.351 e. The number of nitrogens with zero attached hydrogens (tertiary/aromatic N) is 1. The molecule has 1 aliphatic rings. The van der Waals surface area contributed by atoms with Crippen LogP contribution in [0.4, 0.5) is 0 Å². The number of amides is 1. The summed E-state index contributed by atoms with van der Waals surface area (Å²) in [5.74, 6) is 0.104. The molecule has 112 valence electrons. The maximum atomic E-state index is 12.0. The molecule has 0 bridgehead atoms. The van der Waals surface area contributed by atoms with Crippen molar-refractivity contribution < 1.29 is 4.79 Å². The first-order valence-electron chi connectivity index (χ1n) is 7.38. The smallest absolute Gasteiger partial charge is 0.222 e. The lowest BCUT2D eigenvalue weighted by atomic mass is 9.82. The van der Waals surface area contributed by atoms with Crippen LogP contribution in [0, 0.1) is 5.41 Å². The van der Waals surface area contributed by atoms with Crippen LogP contribution >= 0.6 is 0 Å². The largest absolute Gasteiger partial charge is 0.351 e. The highest BCUT2D eigenvalue weighted by molar-refractivity contribution is 5.77. The summed E-state index contributed by atoms with van der Waals surface area (Å²) in [5, 5.41) is 3.02. The van der Waals surface area contributed by atoms with Crippen molar-refractivity contribution in [1.82, 2.24) is 10.2 Å². The molecule has 0 aromatic carbocycles. The molecule has 1 fully saturated rings. The quantitative estimate of drug-likeness (QED) is 0.817. The summed E-state index contributed by atoms with van der Waals surface area (Å²) in [5.41, 5.74) is 6.13. The SMILES string of the molecule is CC1(C)CCN(C(CN)CC(=O)NC(C)(C)C)CC1. The molecule has 1 unspecified atom stereocenters. The van der Waals surface area contributed by atoms with E-state index in [4.69, 9.17) is 5.73 Å². The minimum atomic E-state index is -0.167. The van der Waals surface area contributed by atoms with E-state index in [1.54, 1.807) is 0 Å². The second-order valence-electron chi connectivity index (χ2n) is 7.59. The van der Waals surface area contributed by atoms with Crippen molar-refractivity contribution in [3.8, 4) is 0 Å². The van der Waals surface area contributed by atoms with Crippen LogP contribution < -0.4 is 11.1 Å². The van der Waals surface area contributed by atoms with Gasteiger partial charge >= 0.3 is 0 Å². The Hall–Kier alpha value is -0.610. The summed E-state index contributed by atoms with van der Waals surface area (Å²) < 4.78 is 0. The Morgan fingerprint density at radius 3 is 2.26 bits per heavy atom. The van der Waals surface area contributed by atoms with Gasteiger partial charge in [-0.05, 0) is 52.1 Å². The van der Waals surface area contributed by atoms with Gasteiger partial charge in [-0.15, -0.1) is 0 Å². The minimum absolute atomic E-state index is 0.104. The predicted molar refractivity (Wildman–Crippen MR) is 79.9 cm³/mol. The summed E-state index contributed by atoms with van der Waals surface area (Å²) in [6.45, 7) is 13.3. The van der Waals surface area contributed by atoms with Crippen molar-refractivity contribution in [2.45, 2.75) is 65.5 Å². The molecule has 1 amide bonds. The predicted octanol–water partition coefficient (Wildman–Crippen LogP) is 1.74. The lowest BCUT2D eigenvalue weighted by molar-refractivity contribution is -0.123. The summed E-state index contributed by atoms with van der Waals surface area (Å²) in [4.78, 5) is 14.4. The highest BCUT2D eigenvalue weighted by Gasteiger charge is 2.30. The van der Waals surface area contributed by atoms with Gasteiger partial charge in [-0.2, -0.15) is 0 Å². The highest BCUT2D eigenvalue weighted by Crippen LogP contribution is 2.30. The summed E-state index contributed by atoms with van der Waals surface area (Å²) >= 11 is 0. The molecule has 1 atom stereocenters. The summed E-state index contributed by atoms with van der Waals surface area (Å²) in [7, 11) is 0. The monoisotopic (exact) mass is 269 g/mol. The zero-order valence-corrected chi connectivity index (χ0v) is 13.3. The topological polar surface area (TPSA) is 58.4 Å². The van der Waals surface area contributed by atoms with Gasteiger partial charge in [0.1, 0.15) is 0 Å². The lowest BCUT2D eigenvalue weighted by Gasteiger charge is -2.40. The number of carbonyl (C=O) groups excluding carboxylic acids is 1. The molecular formula is C15H31N3O. The Bertz CT molecular complexity index is 297. The average molecular weight is 269 g/mol. The second-order valence-corrected chi connectivity index (χ2v) is 7.59. The number of nitrogens with one attached hydrogen (secondary N) is 1. The molecule has 0 aromatic rings. The van der Waals surface area contributed by atoms with Crippen molar-refractivity contribution in [3.05, 3.63) is 0 Å². The number of piperidine rings is 1. The van der Waals surface area contributed by atoms with Gasteiger partial charge < -0.3 is 11.1 Å². The third-order valence-corrected chi connectivity index (χ3v) is 3.88. The molecule has 19 heavy (non-hydrogen) atoms. The molecule has 0 saturated carbocycles. The Balaban J connectivity index is 2.48. The van der Waals surface area contributed by atoms with Crippen molar-refractivity contribution in [2.75, 3.05) is 19.6 Å². The molecule has 1 rings (SSSR count). The number of rotatable bonds is 4. The fraction of sp³-hybridized carbons (Fsp3) is 0.933. The van der Waals surface area contributed by atoms with E-state index in [9.17, 15) is 4.79 Å². The van der Waals surface area contributed by atoms with Crippen LogP contribution in [0.15, 0.2) is 0 Å². The van der Waals surface area contributed by atoms with E-state index in [0.29, 0.717) is 18.4 Å². The maximum absolute atomic E-state index is 12.0. The standard InChI is InChI=1S/C15H31N3O/c1-14(2,3)17-13(19)10-12(11-16)18-8-6-15(4,5)7-9-18/h12H,6-11,16H2,1-5H3,(H,17,19). The van der Waals surface area contributed by atoms with Gasteiger partial charge in [-0.3, -0.25) is 9.69 Å². The molecule has 0 spiro atoms. The zero-order valence-electron chi connectivity index (χ0n) is 13.3. The molecular weight excluding hydrogens is 238 g/mol. The number of likely N-dealkylation sites (tertiary alicyclic amines) is 1. The van der Waals surface area contributed by atoms with Gasteiger partial charge in [-0.25, -0.2) is 0 Å². The number of hydrogen-bond donors (Lipinski definition) is 2. The number of carbonyl (C=O) groups is 1. The van der Waals surface area contributed by atoms with Crippen molar-refractivity contribution >= 4 is 5.91 Å². The van der Waals surface area contributed by atoms with Crippen LogP contribution in [-0.4, -0.2) is 42.0 Å². The first-order valence-corrected chi connectivity index (χ1v) is 7.38. The lowest BCUT2D eigenvalue weighted by Crippen LogP contribution is -2.50. The van der Waals surface area contributed by atoms with Crippen molar-refractivity contribution in [3.63, 3.8) is 0 Å². The van der Waals surface area contributed by atoms with E-state index < -0.39 is 0 Å². The Kier molecular flexibility index (Phi) is 5.39. The highest BCUT2D eigenvalue weighted by atomic mass is 16.1. The van der Waals surface area contributed by atoms with Gasteiger partial charge in [0, 0.05) is 24.5 Å². The molecule has 1 saturated heterocycles. The van der Waals surface area contributed by atoms with Crippen molar-refractivity contribution in [2.24, 2.45) is 11.1 Å². The molecule has 0 aliphatic carbocycles. The van der Waals surface area contributed by atoms with E-state index in [1.165, 1.54) is 12.8 Å². The van der Waals surface area contributed by atoms with Crippen molar-refractivity contribution in [1.29, 1.82) is 0 Å².